The largest absolute Gasteiger partial charge is 0.339 e. The molecule has 1 amide bonds. The van der Waals surface area contributed by atoms with Crippen molar-refractivity contribution in [2.24, 2.45) is 0 Å². The van der Waals surface area contributed by atoms with E-state index < -0.39 is 0 Å². The minimum absolute atomic E-state index is 0.135. The Bertz CT molecular complexity index is 1000. The first kappa shape index (κ1) is 20.0. The average Bonchev–Trinajstić information content (AvgIpc) is 2.90. The molecule has 0 unspecified atom stereocenters. The summed E-state index contributed by atoms with van der Waals surface area (Å²) in [6.07, 6.45) is 6.54. The standard InChI is InChI=1S/C24H28ClN3O/c1-2-9-23-26-21-13-12-18(24(29)27-14-7-3-4-8-15-27)16-22(21)28(23)17-19-10-5-6-11-20(19)25/h5-6,10-13,16H,2-4,7-9,14-15,17H2,1H3. The van der Waals surface area contributed by atoms with Crippen molar-refractivity contribution < 1.29 is 4.79 Å². The summed E-state index contributed by atoms with van der Waals surface area (Å²) in [5.74, 6) is 1.18. The van der Waals surface area contributed by atoms with Crippen LogP contribution in [-0.4, -0.2) is 33.4 Å². The van der Waals surface area contributed by atoms with Crippen LogP contribution in [-0.2, 0) is 13.0 Å². The minimum atomic E-state index is 0.135. The van der Waals surface area contributed by atoms with Gasteiger partial charge in [0.2, 0.25) is 0 Å². The summed E-state index contributed by atoms with van der Waals surface area (Å²) < 4.78 is 2.22. The lowest BCUT2D eigenvalue weighted by molar-refractivity contribution is 0.0762. The quantitative estimate of drug-likeness (QED) is 0.541. The third-order valence-corrected chi connectivity index (χ3v) is 6.10. The molecule has 0 bridgehead atoms. The Hall–Kier alpha value is -2.33. The van der Waals surface area contributed by atoms with E-state index in [0.717, 1.165) is 71.8 Å². The third-order valence-electron chi connectivity index (χ3n) is 5.73. The summed E-state index contributed by atoms with van der Waals surface area (Å²) in [7, 11) is 0. The molecule has 0 spiro atoms. The lowest BCUT2D eigenvalue weighted by Gasteiger charge is -2.20. The molecule has 2 heterocycles. The fraction of sp³-hybridized carbons (Fsp3) is 0.417. The van der Waals surface area contributed by atoms with E-state index in [0.29, 0.717) is 6.54 Å². The first-order chi connectivity index (χ1) is 14.2. The molecule has 0 radical (unpaired) electrons. The zero-order chi connectivity index (χ0) is 20.2. The predicted molar refractivity (Wildman–Crippen MR) is 119 cm³/mol. The summed E-state index contributed by atoms with van der Waals surface area (Å²) in [4.78, 5) is 20.0. The molecular formula is C24H28ClN3O. The first-order valence-electron chi connectivity index (χ1n) is 10.7. The number of amides is 1. The van der Waals surface area contributed by atoms with Crippen LogP contribution < -0.4 is 0 Å². The van der Waals surface area contributed by atoms with Crippen LogP contribution in [0.2, 0.25) is 5.02 Å². The van der Waals surface area contributed by atoms with Crippen molar-refractivity contribution in [2.75, 3.05) is 13.1 Å². The Labute approximate surface area is 177 Å². The number of fused-ring (bicyclic) bond motifs is 1. The summed E-state index contributed by atoms with van der Waals surface area (Å²) in [6.45, 7) is 4.54. The number of likely N-dealkylation sites (tertiary alicyclic amines) is 1. The normalized spacial score (nSPS) is 14.9. The number of hydrogen-bond acceptors (Lipinski definition) is 2. The average molecular weight is 410 g/mol. The number of hydrogen-bond donors (Lipinski definition) is 0. The van der Waals surface area contributed by atoms with Crippen molar-refractivity contribution in [2.45, 2.75) is 52.0 Å². The summed E-state index contributed by atoms with van der Waals surface area (Å²) in [5, 5.41) is 0.758. The second-order valence-electron chi connectivity index (χ2n) is 7.87. The van der Waals surface area contributed by atoms with Gasteiger partial charge in [0.05, 0.1) is 17.6 Å². The van der Waals surface area contributed by atoms with Crippen LogP contribution in [0.25, 0.3) is 11.0 Å². The number of carbonyl (C=O) groups is 1. The molecule has 1 aliphatic rings. The maximum atomic E-state index is 13.1. The number of rotatable bonds is 5. The van der Waals surface area contributed by atoms with Crippen molar-refractivity contribution in [1.29, 1.82) is 0 Å². The van der Waals surface area contributed by atoms with E-state index in [4.69, 9.17) is 16.6 Å². The van der Waals surface area contributed by atoms with Crippen LogP contribution >= 0.6 is 11.6 Å². The van der Waals surface area contributed by atoms with Gasteiger partial charge in [-0.15, -0.1) is 0 Å². The Morgan fingerprint density at radius 1 is 1.07 bits per heavy atom. The molecule has 0 atom stereocenters. The van der Waals surface area contributed by atoms with Crippen molar-refractivity contribution in [3.05, 3.63) is 64.4 Å². The van der Waals surface area contributed by atoms with Gasteiger partial charge in [0.15, 0.2) is 0 Å². The van der Waals surface area contributed by atoms with E-state index in [9.17, 15) is 4.79 Å². The number of aromatic nitrogens is 2. The SMILES string of the molecule is CCCc1nc2ccc(C(=O)N3CCCCCC3)cc2n1Cc1ccccc1Cl. The predicted octanol–water partition coefficient (Wildman–Crippen LogP) is 5.71. The van der Waals surface area contributed by atoms with Crippen LogP contribution in [0, 0.1) is 0 Å². The molecule has 0 N–H and O–H groups in total. The van der Waals surface area contributed by atoms with Crippen molar-refractivity contribution in [3.63, 3.8) is 0 Å². The van der Waals surface area contributed by atoms with Crippen LogP contribution in [0.3, 0.4) is 0 Å². The number of halogens is 1. The van der Waals surface area contributed by atoms with Gasteiger partial charge in [0, 0.05) is 30.1 Å². The van der Waals surface area contributed by atoms with Gasteiger partial charge in [0.1, 0.15) is 5.82 Å². The zero-order valence-electron chi connectivity index (χ0n) is 17.0. The number of carbonyl (C=O) groups excluding carboxylic acids is 1. The first-order valence-corrected chi connectivity index (χ1v) is 11.1. The second-order valence-corrected chi connectivity index (χ2v) is 8.27. The number of nitrogens with zero attached hydrogens (tertiary/aromatic N) is 3. The molecule has 1 saturated heterocycles. The van der Waals surface area contributed by atoms with E-state index in [1.54, 1.807) is 0 Å². The molecule has 4 rings (SSSR count). The Balaban J connectivity index is 1.72. The highest BCUT2D eigenvalue weighted by molar-refractivity contribution is 6.31. The van der Waals surface area contributed by atoms with Gasteiger partial charge < -0.3 is 9.47 Å². The number of aryl methyl sites for hydroxylation is 1. The molecule has 4 nitrogen and oxygen atoms in total. The van der Waals surface area contributed by atoms with Gasteiger partial charge >= 0.3 is 0 Å². The monoisotopic (exact) mass is 409 g/mol. The molecule has 29 heavy (non-hydrogen) atoms. The number of imidazole rings is 1. The van der Waals surface area contributed by atoms with Gasteiger partial charge in [-0.1, -0.05) is 49.6 Å². The van der Waals surface area contributed by atoms with Crippen LogP contribution in [0.1, 0.15) is 60.8 Å². The molecule has 1 aliphatic heterocycles. The molecule has 152 valence electrons. The second kappa shape index (κ2) is 9.00. The lowest BCUT2D eigenvalue weighted by Crippen LogP contribution is -2.31. The molecule has 0 saturated carbocycles. The molecule has 1 fully saturated rings. The smallest absolute Gasteiger partial charge is 0.253 e. The van der Waals surface area contributed by atoms with Gasteiger partial charge in [-0.05, 0) is 49.1 Å². The fourth-order valence-corrected chi connectivity index (χ4v) is 4.35. The Morgan fingerprint density at radius 3 is 2.55 bits per heavy atom. The Morgan fingerprint density at radius 2 is 1.83 bits per heavy atom. The Kier molecular flexibility index (Phi) is 6.19. The van der Waals surface area contributed by atoms with E-state index in [-0.39, 0.29) is 5.91 Å². The van der Waals surface area contributed by atoms with Crippen LogP contribution in [0.5, 0.6) is 0 Å². The minimum Gasteiger partial charge on any atom is -0.339 e. The lowest BCUT2D eigenvalue weighted by atomic mass is 10.1. The maximum Gasteiger partial charge on any atom is 0.253 e. The van der Waals surface area contributed by atoms with E-state index >= 15 is 0 Å². The van der Waals surface area contributed by atoms with E-state index in [1.807, 2.05) is 41.3 Å². The highest BCUT2D eigenvalue weighted by Crippen LogP contribution is 2.24. The molecule has 5 heteroatoms. The van der Waals surface area contributed by atoms with Crippen molar-refractivity contribution >= 4 is 28.5 Å². The fourth-order valence-electron chi connectivity index (χ4n) is 4.15. The van der Waals surface area contributed by atoms with E-state index in [1.165, 1.54) is 12.8 Å². The molecule has 3 aromatic rings. The summed E-state index contributed by atoms with van der Waals surface area (Å²) in [5.41, 5.74) is 3.76. The summed E-state index contributed by atoms with van der Waals surface area (Å²) >= 11 is 6.43. The molecule has 0 aliphatic carbocycles. The van der Waals surface area contributed by atoms with Gasteiger partial charge in [0.25, 0.3) is 5.91 Å². The van der Waals surface area contributed by atoms with Crippen molar-refractivity contribution in [1.82, 2.24) is 14.5 Å². The molecular weight excluding hydrogens is 382 g/mol. The number of benzene rings is 2. The highest BCUT2D eigenvalue weighted by Gasteiger charge is 2.19. The van der Waals surface area contributed by atoms with Gasteiger partial charge in [-0.2, -0.15) is 0 Å². The van der Waals surface area contributed by atoms with E-state index in [2.05, 4.69) is 17.6 Å². The van der Waals surface area contributed by atoms with Gasteiger partial charge in [-0.3, -0.25) is 4.79 Å². The molecule has 1 aromatic heterocycles. The van der Waals surface area contributed by atoms with Crippen LogP contribution in [0.4, 0.5) is 0 Å². The zero-order valence-corrected chi connectivity index (χ0v) is 17.8. The maximum absolute atomic E-state index is 13.1. The topological polar surface area (TPSA) is 38.1 Å². The summed E-state index contributed by atoms with van der Waals surface area (Å²) in [6, 6.07) is 13.9. The van der Waals surface area contributed by atoms with Crippen molar-refractivity contribution in [3.8, 4) is 0 Å². The highest BCUT2D eigenvalue weighted by atomic mass is 35.5. The third kappa shape index (κ3) is 4.32. The van der Waals surface area contributed by atoms with Crippen LogP contribution in [0.15, 0.2) is 42.5 Å². The molecule has 2 aromatic carbocycles. The van der Waals surface area contributed by atoms with Gasteiger partial charge in [-0.25, -0.2) is 4.98 Å².